The van der Waals surface area contributed by atoms with Crippen molar-refractivity contribution in [2.24, 2.45) is 0 Å². The maximum absolute atomic E-state index is 11.3. The lowest BCUT2D eigenvalue weighted by Gasteiger charge is -2.34. The molecule has 0 spiro atoms. The average Bonchev–Trinajstić information content (AvgIpc) is 3.16. The molecule has 0 radical (unpaired) electrons. The highest BCUT2D eigenvalue weighted by molar-refractivity contribution is 7.88. The molecule has 3 heterocycles. The zero-order chi connectivity index (χ0) is 16.3. The van der Waals surface area contributed by atoms with Crippen LogP contribution in [0.3, 0.4) is 0 Å². The third kappa shape index (κ3) is 4.60. The van der Waals surface area contributed by atoms with Gasteiger partial charge in [-0.2, -0.15) is 16.3 Å². The summed E-state index contributed by atoms with van der Waals surface area (Å²) in [6, 6.07) is 2.12. The van der Waals surface area contributed by atoms with Crippen molar-refractivity contribution >= 4 is 21.4 Å². The molecule has 0 saturated carbocycles. The number of thiophene rings is 1. The van der Waals surface area contributed by atoms with Crippen molar-refractivity contribution in [3.05, 3.63) is 22.7 Å². The molecule has 23 heavy (non-hydrogen) atoms. The van der Waals surface area contributed by atoms with Crippen LogP contribution >= 0.6 is 11.3 Å². The zero-order valence-corrected chi connectivity index (χ0v) is 14.6. The van der Waals surface area contributed by atoms with Crippen LogP contribution in [0.5, 0.6) is 0 Å². The van der Waals surface area contributed by atoms with Crippen molar-refractivity contribution in [1.29, 1.82) is 0 Å². The molecule has 1 aliphatic rings. The van der Waals surface area contributed by atoms with E-state index in [9.17, 15) is 8.42 Å². The zero-order valence-electron chi connectivity index (χ0n) is 12.9. The van der Waals surface area contributed by atoms with E-state index in [1.165, 1.54) is 6.26 Å². The second-order valence-corrected chi connectivity index (χ2v) is 8.38. The Morgan fingerprint density at radius 1 is 1.48 bits per heavy atom. The van der Waals surface area contributed by atoms with Crippen LogP contribution in [-0.4, -0.2) is 48.8 Å². The molecule has 1 fully saturated rings. The van der Waals surface area contributed by atoms with Gasteiger partial charge in [0.2, 0.25) is 21.7 Å². The first-order valence-electron chi connectivity index (χ1n) is 7.55. The van der Waals surface area contributed by atoms with Crippen LogP contribution < -0.4 is 4.72 Å². The van der Waals surface area contributed by atoms with Crippen molar-refractivity contribution in [3.8, 4) is 11.4 Å². The molecule has 0 aromatic carbocycles. The Balaban J connectivity index is 1.65. The molecule has 1 atom stereocenters. The largest absolute Gasteiger partial charge is 0.338 e. The Hall–Kier alpha value is -1.29. The fraction of sp³-hybridized carbons (Fsp3) is 0.571. The Bertz CT molecular complexity index is 727. The minimum Gasteiger partial charge on any atom is -0.338 e. The number of sulfonamides is 1. The molecular formula is C14H20N4O3S2. The van der Waals surface area contributed by atoms with E-state index in [1.54, 1.807) is 11.3 Å². The lowest BCUT2D eigenvalue weighted by atomic mass is 10.0. The Labute approximate surface area is 139 Å². The number of aromatic nitrogens is 2. The number of hydrogen-bond acceptors (Lipinski definition) is 7. The van der Waals surface area contributed by atoms with Gasteiger partial charge in [0, 0.05) is 23.5 Å². The molecule has 0 unspecified atom stereocenters. The highest BCUT2D eigenvalue weighted by Crippen LogP contribution is 2.22. The summed E-state index contributed by atoms with van der Waals surface area (Å²) in [6.07, 6.45) is 4.36. The van der Waals surface area contributed by atoms with Crippen molar-refractivity contribution in [2.75, 3.05) is 19.3 Å². The molecule has 0 amide bonds. The van der Waals surface area contributed by atoms with Gasteiger partial charge in [0.1, 0.15) is 0 Å². The number of rotatable bonds is 6. The highest BCUT2D eigenvalue weighted by Gasteiger charge is 2.25. The van der Waals surface area contributed by atoms with Gasteiger partial charge in [-0.25, -0.2) is 13.1 Å². The van der Waals surface area contributed by atoms with Crippen LogP contribution in [0.25, 0.3) is 11.4 Å². The number of nitrogens with zero attached hydrogens (tertiary/aromatic N) is 3. The van der Waals surface area contributed by atoms with Crippen LogP contribution in [0, 0.1) is 0 Å². The molecule has 126 valence electrons. The quantitative estimate of drug-likeness (QED) is 0.847. The van der Waals surface area contributed by atoms with Gasteiger partial charge in [-0.3, -0.25) is 4.90 Å². The minimum atomic E-state index is -3.17. The van der Waals surface area contributed by atoms with Gasteiger partial charge in [0.15, 0.2) is 0 Å². The molecule has 2 aromatic heterocycles. The van der Waals surface area contributed by atoms with Gasteiger partial charge < -0.3 is 4.52 Å². The third-order valence-corrected chi connectivity index (χ3v) is 5.29. The molecule has 7 nitrogen and oxygen atoms in total. The van der Waals surface area contributed by atoms with Crippen molar-refractivity contribution in [3.63, 3.8) is 0 Å². The van der Waals surface area contributed by atoms with Crippen LogP contribution in [0.4, 0.5) is 0 Å². The first-order chi connectivity index (χ1) is 11.0. The van der Waals surface area contributed by atoms with Crippen molar-refractivity contribution in [2.45, 2.75) is 31.8 Å². The van der Waals surface area contributed by atoms with E-state index in [4.69, 9.17) is 4.52 Å². The SMILES string of the molecule is CS(=O)(=O)NC[C@@H]1CCCCN1Cc1nc(-c2ccsc2)no1. The normalized spacial score (nSPS) is 20.0. The van der Waals surface area contributed by atoms with Crippen LogP contribution in [0.15, 0.2) is 21.3 Å². The predicted octanol–water partition coefficient (Wildman–Crippen LogP) is 1.70. The van der Waals surface area contributed by atoms with E-state index in [1.807, 2.05) is 16.8 Å². The monoisotopic (exact) mass is 356 g/mol. The highest BCUT2D eigenvalue weighted by atomic mass is 32.2. The second kappa shape index (κ2) is 7.08. The number of nitrogens with one attached hydrogen (secondary N) is 1. The molecule has 1 N–H and O–H groups in total. The van der Waals surface area contributed by atoms with Gasteiger partial charge >= 0.3 is 0 Å². The maximum atomic E-state index is 11.3. The van der Waals surface area contributed by atoms with E-state index in [2.05, 4.69) is 19.8 Å². The summed E-state index contributed by atoms with van der Waals surface area (Å²) in [7, 11) is -3.17. The maximum Gasteiger partial charge on any atom is 0.241 e. The smallest absolute Gasteiger partial charge is 0.241 e. The molecule has 1 saturated heterocycles. The number of piperidine rings is 1. The van der Waals surface area contributed by atoms with E-state index < -0.39 is 10.0 Å². The summed E-state index contributed by atoms with van der Waals surface area (Å²) in [5.74, 6) is 1.17. The first-order valence-corrected chi connectivity index (χ1v) is 10.4. The summed E-state index contributed by atoms with van der Waals surface area (Å²) in [5.41, 5.74) is 0.957. The molecule has 1 aliphatic heterocycles. The van der Waals surface area contributed by atoms with E-state index in [0.717, 1.165) is 31.4 Å². The molecule has 0 aliphatic carbocycles. The summed E-state index contributed by atoms with van der Waals surface area (Å²) >= 11 is 1.59. The van der Waals surface area contributed by atoms with Gasteiger partial charge in [0.25, 0.3) is 0 Å². The minimum absolute atomic E-state index is 0.162. The van der Waals surface area contributed by atoms with Gasteiger partial charge in [-0.15, -0.1) is 0 Å². The number of hydrogen-bond donors (Lipinski definition) is 1. The molecule has 2 aromatic rings. The summed E-state index contributed by atoms with van der Waals surface area (Å²) in [6.45, 7) is 1.88. The summed E-state index contributed by atoms with van der Waals surface area (Å²) < 4.78 is 30.6. The fourth-order valence-electron chi connectivity index (χ4n) is 2.75. The van der Waals surface area contributed by atoms with Gasteiger partial charge in [-0.1, -0.05) is 11.6 Å². The van der Waals surface area contributed by atoms with Crippen molar-refractivity contribution in [1.82, 2.24) is 19.8 Å². The summed E-state index contributed by atoms with van der Waals surface area (Å²) in [4.78, 5) is 6.65. The molecular weight excluding hydrogens is 336 g/mol. The molecule has 3 rings (SSSR count). The second-order valence-electron chi connectivity index (χ2n) is 5.76. The third-order valence-electron chi connectivity index (χ3n) is 3.92. The Morgan fingerprint density at radius 3 is 3.09 bits per heavy atom. The van der Waals surface area contributed by atoms with E-state index in [0.29, 0.717) is 24.8 Å². The standard InChI is InChI=1S/C14H20N4O3S2/c1-23(19,20)15-8-12-4-2-3-6-18(12)9-13-16-14(17-21-13)11-5-7-22-10-11/h5,7,10,12,15H,2-4,6,8-9H2,1H3/t12-/m0/s1. The van der Waals surface area contributed by atoms with Gasteiger partial charge in [0.05, 0.1) is 12.8 Å². The van der Waals surface area contributed by atoms with Crippen molar-refractivity contribution < 1.29 is 12.9 Å². The van der Waals surface area contributed by atoms with E-state index in [-0.39, 0.29) is 6.04 Å². The van der Waals surface area contributed by atoms with E-state index >= 15 is 0 Å². The van der Waals surface area contributed by atoms with Crippen LogP contribution in [0.2, 0.25) is 0 Å². The van der Waals surface area contributed by atoms with Crippen LogP contribution in [0.1, 0.15) is 25.2 Å². The average molecular weight is 356 g/mol. The molecule has 0 bridgehead atoms. The van der Waals surface area contributed by atoms with Gasteiger partial charge in [-0.05, 0) is 30.8 Å². The lowest BCUT2D eigenvalue weighted by molar-refractivity contribution is 0.125. The first kappa shape index (κ1) is 16.6. The topological polar surface area (TPSA) is 88.3 Å². The number of likely N-dealkylation sites (tertiary alicyclic amines) is 1. The Kier molecular flexibility index (Phi) is 5.10. The Morgan fingerprint density at radius 2 is 2.35 bits per heavy atom. The lowest BCUT2D eigenvalue weighted by Crippen LogP contribution is -2.46. The van der Waals surface area contributed by atoms with Crippen LogP contribution in [-0.2, 0) is 16.6 Å². The fourth-order valence-corrected chi connectivity index (χ4v) is 3.88. The molecule has 9 heteroatoms. The summed E-state index contributed by atoms with van der Waals surface area (Å²) in [5, 5.41) is 7.97. The predicted molar refractivity (Wildman–Crippen MR) is 88.5 cm³/mol.